The molecule has 0 bridgehead atoms. The van der Waals surface area contributed by atoms with E-state index in [9.17, 15) is 4.79 Å². The highest BCUT2D eigenvalue weighted by Gasteiger charge is 2.19. The lowest BCUT2D eigenvalue weighted by Crippen LogP contribution is -2.23. The second-order valence-corrected chi connectivity index (χ2v) is 4.04. The summed E-state index contributed by atoms with van der Waals surface area (Å²) in [6.45, 7) is 3.25. The van der Waals surface area contributed by atoms with Gasteiger partial charge in [-0.3, -0.25) is 4.79 Å². The minimum absolute atomic E-state index is 0.0491. The number of Topliss-reactive ketones (excluding diaryl/α,β-unsaturated/α-hetero) is 1. The van der Waals surface area contributed by atoms with Crippen molar-refractivity contribution < 1.29 is 14.3 Å². The molecule has 1 rings (SSSR count). The maximum Gasteiger partial charge on any atom is 0.170 e. The van der Waals surface area contributed by atoms with Gasteiger partial charge in [0, 0.05) is 19.6 Å². The van der Waals surface area contributed by atoms with Gasteiger partial charge in [-0.1, -0.05) is 19.1 Å². The van der Waals surface area contributed by atoms with Gasteiger partial charge in [-0.25, -0.2) is 0 Å². The van der Waals surface area contributed by atoms with Gasteiger partial charge in [0.05, 0.1) is 12.2 Å². The average Bonchev–Trinajstić information content (AvgIpc) is 2.41. The number of para-hydroxylation sites is 1. The zero-order chi connectivity index (χ0) is 13.4. The fourth-order valence-electron chi connectivity index (χ4n) is 1.71. The van der Waals surface area contributed by atoms with Crippen molar-refractivity contribution in [1.82, 2.24) is 0 Å². The minimum atomic E-state index is -0.142. The van der Waals surface area contributed by atoms with Crippen LogP contribution in [0.25, 0.3) is 0 Å². The van der Waals surface area contributed by atoms with Crippen molar-refractivity contribution in [3.8, 4) is 5.75 Å². The van der Waals surface area contributed by atoms with Gasteiger partial charge in [0.2, 0.25) is 0 Å². The van der Waals surface area contributed by atoms with E-state index in [1.165, 1.54) is 0 Å². The van der Waals surface area contributed by atoms with Crippen molar-refractivity contribution >= 4 is 5.78 Å². The Hall–Kier alpha value is -1.39. The first-order valence-electron chi connectivity index (χ1n) is 6.19. The Labute approximate surface area is 108 Å². The molecule has 4 nitrogen and oxygen atoms in total. The predicted octanol–water partition coefficient (Wildman–Crippen LogP) is 1.88. The van der Waals surface area contributed by atoms with Gasteiger partial charge in [-0.05, 0) is 18.6 Å². The monoisotopic (exact) mass is 251 g/mol. The van der Waals surface area contributed by atoms with Crippen molar-refractivity contribution in [2.45, 2.75) is 13.3 Å². The van der Waals surface area contributed by atoms with Crippen LogP contribution in [-0.2, 0) is 4.74 Å². The zero-order valence-electron chi connectivity index (χ0n) is 11.0. The quantitative estimate of drug-likeness (QED) is 0.566. The molecule has 0 fully saturated rings. The van der Waals surface area contributed by atoms with Crippen LogP contribution in [0.4, 0.5) is 0 Å². The third-order valence-electron chi connectivity index (χ3n) is 2.85. The Morgan fingerprint density at radius 1 is 1.33 bits per heavy atom. The SMILES string of the molecule is CCC(CN)C(=O)c1ccccc1OCCOC. The highest BCUT2D eigenvalue weighted by atomic mass is 16.5. The standard InChI is InChI=1S/C14H21NO3/c1-3-11(10-15)14(16)12-6-4-5-7-13(12)18-9-8-17-2/h4-7,11H,3,8-10,15H2,1-2H3. The Kier molecular flexibility index (Phi) is 6.39. The second-order valence-electron chi connectivity index (χ2n) is 4.04. The van der Waals surface area contributed by atoms with Crippen molar-refractivity contribution in [2.24, 2.45) is 11.7 Å². The van der Waals surface area contributed by atoms with E-state index < -0.39 is 0 Å². The third-order valence-corrected chi connectivity index (χ3v) is 2.85. The molecule has 0 aliphatic carbocycles. The first-order chi connectivity index (χ1) is 8.74. The average molecular weight is 251 g/mol. The summed E-state index contributed by atoms with van der Waals surface area (Å²) in [5.74, 6) is 0.511. The maximum atomic E-state index is 12.3. The number of rotatable bonds is 8. The lowest BCUT2D eigenvalue weighted by Gasteiger charge is -2.14. The fraction of sp³-hybridized carbons (Fsp3) is 0.500. The third kappa shape index (κ3) is 3.82. The molecule has 1 aromatic carbocycles. The summed E-state index contributed by atoms with van der Waals surface area (Å²) >= 11 is 0. The summed E-state index contributed by atoms with van der Waals surface area (Å²) in [5, 5.41) is 0. The number of nitrogens with two attached hydrogens (primary N) is 1. The highest BCUT2D eigenvalue weighted by molar-refractivity contribution is 6.00. The molecular formula is C14H21NO3. The Balaban J connectivity index is 2.83. The molecule has 0 heterocycles. The predicted molar refractivity (Wildman–Crippen MR) is 71.0 cm³/mol. The van der Waals surface area contributed by atoms with Crippen molar-refractivity contribution in [1.29, 1.82) is 0 Å². The molecule has 2 N–H and O–H groups in total. The molecule has 0 aliphatic heterocycles. The van der Waals surface area contributed by atoms with Crippen molar-refractivity contribution in [3.05, 3.63) is 29.8 Å². The molecule has 18 heavy (non-hydrogen) atoms. The van der Waals surface area contributed by atoms with Crippen LogP contribution in [0.1, 0.15) is 23.7 Å². The van der Waals surface area contributed by atoms with Gasteiger partial charge in [0.15, 0.2) is 5.78 Å². The molecule has 4 heteroatoms. The second kappa shape index (κ2) is 7.84. The Morgan fingerprint density at radius 2 is 2.06 bits per heavy atom. The molecule has 0 aromatic heterocycles. The molecule has 0 saturated heterocycles. The molecule has 0 saturated carbocycles. The molecular weight excluding hydrogens is 230 g/mol. The van der Waals surface area contributed by atoms with E-state index in [4.69, 9.17) is 15.2 Å². The van der Waals surface area contributed by atoms with Crippen LogP contribution in [-0.4, -0.2) is 32.7 Å². The zero-order valence-corrected chi connectivity index (χ0v) is 11.0. The lowest BCUT2D eigenvalue weighted by atomic mass is 9.95. The van der Waals surface area contributed by atoms with E-state index in [1.807, 2.05) is 19.1 Å². The summed E-state index contributed by atoms with van der Waals surface area (Å²) in [7, 11) is 1.61. The minimum Gasteiger partial charge on any atom is -0.490 e. The van der Waals surface area contributed by atoms with Gasteiger partial charge in [-0.15, -0.1) is 0 Å². The molecule has 0 amide bonds. The van der Waals surface area contributed by atoms with E-state index >= 15 is 0 Å². The number of benzene rings is 1. The molecule has 1 unspecified atom stereocenters. The van der Waals surface area contributed by atoms with Crippen molar-refractivity contribution in [2.75, 3.05) is 26.9 Å². The molecule has 0 spiro atoms. The normalized spacial score (nSPS) is 12.2. The number of ketones is 1. The van der Waals surface area contributed by atoms with Crippen LogP contribution in [0, 0.1) is 5.92 Å². The van der Waals surface area contributed by atoms with Crippen LogP contribution >= 0.6 is 0 Å². The number of methoxy groups -OCH3 is 1. The Bertz CT molecular complexity index is 375. The molecule has 0 aliphatic rings. The smallest absolute Gasteiger partial charge is 0.170 e. The fourth-order valence-corrected chi connectivity index (χ4v) is 1.71. The van der Waals surface area contributed by atoms with Gasteiger partial charge < -0.3 is 15.2 Å². The first kappa shape index (κ1) is 14.7. The summed E-state index contributed by atoms with van der Waals surface area (Å²) in [6, 6.07) is 7.26. The Morgan fingerprint density at radius 3 is 2.67 bits per heavy atom. The molecule has 1 atom stereocenters. The van der Waals surface area contributed by atoms with Gasteiger partial charge in [0.1, 0.15) is 12.4 Å². The number of hydrogen-bond donors (Lipinski definition) is 1. The topological polar surface area (TPSA) is 61.6 Å². The van der Waals surface area contributed by atoms with Gasteiger partial charge in [0.25, 0.3) is 0 Å². The first-order valence-corrected chi connectivity index (χ1v) is 6.19. The van der Waals surface area contributed by atoms with E-state index in [2.05, 4.69) is 0 Å². The molecule has 100 valence electrons. The summed E-state index contributed by atoms with van der Waals surface area (Å²) in [6.07, 6.45) is 0.738. The number of carbonyl (C=O) groups is 1. The maximum absolute atomic E-state index is 12.3. The van der Waals surface area contributed by atoms with Crippen LogP contribution in [0.15, 0.2) is 24.3 Å². The van der Waals surface area contributed by atoms with Gasteiger partial charge >= 0.3 is 0 Å². The van der Waals surface area contributed by atoms with Crippen LogP contribution in [0.3, 0.4) is 0 Å². The van der Waals surface area contributed by atoms with E-state index in [0.29, 0.717) is 31.1 Å². The van der Waals surface area contributed by atoms with Crippen LogP contribution in [0.2, 0.25) is 0 Å². The van der Waals surface area contributed by atoms with E-state index in [-0.39, 0.29) is 11.7 Å². The van der Waals surface area contributed by atoms with E-state index in [0.717, 1.165) is 6.42 Å². The highest BCUT2D eigenvalue weighted by Crippen LogP contribution is 2.22. The lowest BCUT2D eigenvalue weighted by molar-refractivity contribution is 0.0913. The van der Waals surface area contributed by atoms with E-state index in [1.54, 1.807) is 19.2 Å². The van der Waals surface area contributed by atoms with Crippen molar-refractivity contribution in [3.63, 3.8) is 0 Å². The van der Waals surface area contributed by atoms with Crippen LogP contribution in [0.5, 0.6) is 5.75 Å². The molecule has 1 aromatic rings. The number of carbonyl (C=O) groups excluding carboxylic acids is 1. The molecule has 0 radical (unpaired) electrons. The summed E-state index contributed by atoms with van der Waals surface area (Å²) in [4.78, 5) is 12.3. The summed E-state index contributed by atoms with van der Waals surface area (Å²) < 4.78 is 10.5. The largest absolute Gasteiger partial charge is 0.490 e. The van der Waals surface area contributed by atoms with Crippen LogP contribution < -0.4 is 10.5 Å². The number of ether oxygens (including phenoxy) is 2. The summed E-state index contributed by atoms with van der Waals surface area (Å²) in [5.41, 5.74) is 6.21. The van der Waals surface area contributed by atoms with Gasteiger partial charge in [-0.2, -0.15) is 0 Å². The number of hydrogen-bond acceptors (Lipinski definition) is 4.